The van der Waals surface area contributed by atoms with E-state index in [1.807, 2.05) is 12.1 Å². The maximum absolute atomic E-state index is 8.80. The van der Waals surface area contributed by atoms with Crippen LogP contribution in [0.5, 0.6) is 5.75 Å². The summed E-state index contributed by atoms with van der Waals surface area (Å²) in [6, 6.07) is 9.68. The number of benzene rings is 1. The second kappa shape index (κ2) is 7.13. The standard InChI is InChI=1S/C15H20N2O2/c1-12(15-6-3-8-19-15)17-7-9-18-14-5-2-4-13(10-14)11-16/h2,4-5,10,12,15,17H,3,6-9H2,1H3/t12-,15-/m0/s1. The third-order valence-electron chi connectivity index (χ3n) is 3.32. The van der Waals surface area contributed by atoms with Crippen molar-refractivity contribution in [2.75, 3.05) is 19.8 Å². The molecule has 0 aromatic heterocycles. The van der Waals surface area contributed by atoms with Crippen molar-refractivity contribution in [3.8, 4) is 11.8 Å². The quantitative estimate of drug-likeness (QED) is 0.796. The van der Waals surface area contributed by atoms with E-state index in [9.17, 15) is 0 Å². The van der Waals surface area contributed by atoms with Gasteiger partial charge in [-0.05, 0) is 38.0 Å². The zero-order valence-electron chi connectivity index (χ0n) is 11.3. The van der Waals surface area contributed by atoms with Crippen LogP contribution < -0.4 is 10.1 Å². The van der Waals surface area contributed by atoms with Crippen LogP contribution in [0, 0.1) is 11.3 Å². The van der Waals surface area contributed by atoms with Gasteiger partial charge < -0.3 is 14.8 Å². The fourth-order valence-electron chi connectivity index (χ4n) is 2.24. The number of nitrogens with one attached hydrogen (secondary N) is 1. The molecule has 0 aliphatic carbocycles. The Morgan fingerprint density at radius 1 is 1.58 bits per heavy atom. The molecule has 1 heterocycles. The number of nitriles is 1. The van der Waals surface area contributed by atoms with Crippen LogP contribution in [0.25, 0.3) is 0 Å². The molecule has 1 saturated heterocycles. The molecule has 2 atom stereocenters. The summed E-state index contributed by atoms with van der Waals surface area (Å²) in [7, 11) is 0. The van der Waals surface area contributed by atoms with Crippen molar-refractivity contribution < 1.29 is 9.47 Å². The van der Waals surface area contributed by atoms with Gasteiger partial charge in [0, 0.05) is 19.2 Å². The highest BCUT2D eigenvalue weighted by atomic mass is 16.5. The molecule has 1 fully saturated rings. The lowest BCUT2D eigenvalue weighted by Crippen LogP contribution is -2.39. The second-order valence-electron chi connectivity index (χ2n) is 4.78. The van der Waals surface area contributed by atoms with E-state index in [1.165, 1.54) is 0 Å². The predicted molar refractivity (Wildman–Crippen MR) is 73.1 cm³/mol. The van der Waals surface area contributed by atoms with Crippen LogP contribution in [0.15, 0.2) is 24.3 Å². The summed E-state index contributed by atoms with van der Waals surface area (Å²) in [6.45, 7) is 4.39. The van der Waals surface area contributed by atoms with E-state index < -0.39 is 0 Å². The highest BCUT2D eigenvalue weighted by Crippen LogP contribution is 2.15. The lowest BCUT2D eigenvalue weighted by molar-refractivity contribution is 0.0824. The minimum absolute atomic E-state index is 0.335. The Morgan fingerprint density at radius 2 is 2.47 bits per heavy atom. The van der Waals surface area contributed by atoms with Gasteiger partial charge in [0.1, 0.15) is 12.4 Å². The second-order valence-corrected chi connectivity index (χ2v) is 4.78. The first-order valence-corrected chi connectivity index (χ1v) is 6.77. The Bertz CT molecular complexity index is 436. The van der Waals surface area contributed by atoms with Gasteiger partial charge in [-0.2, -0.15) is 5.26 Å². The first-order chi connectivity index (χ1) is 9.29. The smallest absolute Gasteiger partial charge is 0.120 e. The molecule has 4 nitrogen and oxygen atoms in total. The van der Waals surface area contributed by atoms with Crippen molar-refractivity contribution >= 4 is 0 Å². The summed E-state index contributed by atoms with van der Waals surface area (Å²) in [4.78, 5) is 0. The molecule has 1 aromatic rings. The predicted octanol–water partition coefficient (Wildman–Crippen LogP) is 2.09. The van der Waals surface area contributed by atoms with Gasteiger partial charge in [0.05, 0.1) is 17.7 Å². The van der Waals surface area contributed by atoms with Crippen LogP contribution in [0.4, 0.5) is 0 Å². The van der Waals surface area contributed by atoms with Crippen LogP contribution in [0.3, 0.4) is 0 Å². The van der Waals surface area contributed by atoms with E-state index in [1.54, 1.807) is 12.1 Å². The summed E-state index contributed by atoms with van der Waals surface area (Å²) in [5, 5.41) is 12.2. The van der Waals surface area contributed by atoms with E-state index in [2.05, 4.69) is 18.3 Å². The molecule has 1 aliphatic rings. The highest BCUT2D eigenvalue weighted by molar-refractivity contribution is 5.36. The molecule has 0 unspecified atom stereocenters. The van der Waals surface area contributed by atoms with Gasteiger partial charge in [0.25, 0.3) is 0 Å². The fourth-order valence-corrected chi connectivity index (χ4v) is 2.24. The van der Waals surface area contributed by atoms with Crippen LogP contribution in [-0.4, -0.2) is 31.9 Å². The Morgan fingerprint density at radius 3 is 3.21 bits per heavy atom. The SMILES string of the molecule is C[C@H](NCCOc1cccc(C#N)c1)[C@@H]1CCCO1. The molecule has 0 saturated carbocycles. The zero-order chi connectivity index (χ0) is 13.5. The van der Waals surface area contributed by atoms with E-state index >= 15 is 0 Å². The van der Waals surface area contributed by atoms with Gasteiger partial charge in [-0.1, -0.05) is 6.07 Å². The molecule has 0 amide bonds. The molecule has 0 radical (unpaired) electrons. The van der Waals surface area contributed by atoms with Crippen LogP contribution in [0.1, 0.15) is 25.3 Å². The molecule has 1 aliphatic heterocycles. The average Bonchev–Trinajstić information content (AvgIpc) is 2.98. The third-order valence-corrected chi connectivity index (χ3v) is 3.32. The van der Waals surface area contributed by atoms with Crippen molar-refractivity contribution in [2.45, 2.75) is 31.9 Å². The molecular formula is C15H20N2O2. The number of hydrogen-bond donors (Lipinski definition) is 1. The number of rotatable bonds is 6. The van der Waals surface area contributed by atoms with Crippen molar-refractivity contribution in [3.63, 3.8) is 0 Å². The van der Waals surface area contributed by atoms with Gasteiger partial charge >= 0.3 is 0 Å². The Balaban J connectivity index is 1.67. The normalized spacial score (nSPS) is 19.9. The van der Waals surface area contributed by atoms with Crippen LogP contribution >= 0.6 is 0 Å². The minimum Gasteiger partial charge on any atom is -0.492 e. The molecule has 19 heavy (non-hydrogen) atoms. The average molecular weight is 260 g/mol. The summed E-state index contributed by atoms with van der Waals surface area (Å²) >= 11 is 0. The maximum Gasteiger partial charge on any atom is 0.120 e. The van der Waals surface area contributed by atoms with Crippen molar-refractivity contribution in [1.82, 2.24) is 5.32 Å². The largest absolute Gasteiger partial charge is 0.492 e. The molecule has 1 aromatic carbocycles. The van der Waals surface area contributed by atoms with Crippen molar-refractivity contribution in [1.29, 1.82) is 5.26 Å². The van der Waals surface area contributed by atoms with Gasteiger partial charge in [0.15, 0.2) is 0 Å². The van der Waals surface area contributed by atoms with Crippen molar-refractivity contribution in [2.24, 2.45) is 0 Å². The van der Waals surface area contributed by atoms with Gasteiger partial charge in [-0.15, -0.1) is 0 Å². The van der Waals surface area contributed by atoms with E-state index in [0.717, 1.165) is 31.7 Å². The highest BCUT2D eigenvalue weighted by Gasteiger charge is 2.21. The summed E-state index contributed by atoms with van der Waals surface area (Å²) in [5.74, 6) is 0.741. The monoisotopic (exact) mass is 260 g/mol. The van der Waals surface area contributed by atoms with Crippen LogP contribution in [0.2, 0.25) is 0 Å². The molecule has 102 valence electrons. The van der Waals surface area contributed by atoms with E-state index in [4.69, 9.17) is 14.7 Å². The Hall–Kier alpha value is -1.57. The Kier molecular flexibility index (Phi) is 5.20. The van der Waals surface area contributed by atoms with E-state index in [0.29, 0.717) is 24.3 Å². The van der Waals surface area contributed by atoms with Gasteiger partial charge in [-0.25, -0.2) is 0 Å². The topological polar surface area (TPSA) is 54.3 Å². The molecule has 4 heteroatoms. The first kappa shape index (κ1) is 13.9. The first-order valence-electron chi connectivity index (χ1n) is 6.77. The molecule has 0 spiro atoms. The lowest BCUT2D eigenvalue weighted by Gasteiger charge is -2.20. The lowest BCUT2D eigenvalue weighted by atomic mass is 10.1. The molecule has 2 rings (SSSR count). The number of hydrogen-bond acceptors (Lipinski definition) is 4. The molecule has 0 bridgehead atoms. The zero-order valence-corrected chi connectivity index (χ0v) is 11.3. The fraction of sp³-hybridized carbons (Fsp3) is 0.533. The summed E-state index contributed by atoms with van der Waals surface area (Å²) in [5.41, 5.74) is 0.623. The number of ether oxygens (including phenoxy) is 2. The van der Waals surface area contributed by atoms with Crippen LogP contribution in [-0.2, 0) is 4.74 Å². The third kappa shape index (κ3) is 4.23. The molecular weight excluding hydrogens is 240 g/mol. The van der Waals surface area contributed by atoms with Gasteiger partial charge in [0.2, 0.25) is 0 Å². The number of nitrogens with zero attached hydrogens (tertiary/aromatic N) is 1. The van der Waals surface area contributed by atoms with E-state index in [-0.39, 0.29) is 0 Å². The molecule has 1 N–H and O–H groups in total. The van der Waals surface area contributed by atoms with Crippen molar-refractivity contribution in [3.05, 3.63) is 29.8 Å². The minimum atomic E-state index is 0.335. The summed E-state index contributed by atoms with van der Waals surface area (Å²) < 4.78 is 11.2. The Labute approximate surface area is 114 Å². The van der Waals surface area contributed by atoms with Gasteiger partial charge in [-0.3, -0.25) is 0 Å². The summed E-state index contributed by atoms with van der Waals surface area (Å²) in [6.07, 6.45) is 2.63. The maximum atomic E-state index is 8.80.